The molecule has 0 saturated heterocycles. The molecule has 0 fully saturated rings. The summed E-state index contributed by atoms with van der Waals surface area (Å²) in [5.74, 6) is 0.0743. The van der Waals surface area contributed by atoms with Crippen LogP contribution >= 0.6 is 19.4 Å². The average Bonchev–Trinajstić information content (AvgIpc) is 1.93. The molecule has 4 nitrogen and oxygen atoms in total. The van der Waals surface area contributed by atoms with Gasteiger partial charge in [-0.1, -0.05) is 11.6 Å². The van der Waals surface area contributed by atoms with Gasteiger partial charge >= 0.3 is 37.4 Å². The van der Waals surface area contributed by atoms with Gasteiger partial charge in [0.25, 0.3) is 0 Å². The fraction of sp³-hybridized carbons (Fsp3) is 0.143. The number of halogens is 1. The second-order valence-electron chi connectivity index (χ2n) is 2.47. The maximum Gasteiger partial charge on any atom is 1.00 e. The van der Waals surface area contributed by atoms with E-state index in [4.69, 9.17) is 16.5 Å². The summed E-state index contributed by atoms with van der Waals surface area (Å²) in [4.78, 5) is 18.8. The Morgan fingerprint density at radius 3 is 2.57 bits per heavy atom. The number of aryl methyl sites for hydroxylation is 1. The standard InChI is InChI=1S/C7H8ClO4P.Na/c1-5-4-6(8)2-3-7(5)12-13(9,10)11;/h2-4H,1H3,(H2,9,10,11);/q;+1/p-1. The molecule has 0 aliphatic rings. The van der Waals surface area contributed by atoms with E-state index in [0.29, 0.717) is 10.6 Å². The van der Waals surface area contributed by atoms with Gasteiger partial charge in [-0.3, -0.25) is 4.57 Å². The van der Waals surface area contributed by atoms with Crippen molar-refractivity contribution in [3.05, 3.63) is 28.8 Å². The van der Waals surface area contributed by atoms with Crippen molar-refractivity contribution in [3.63, 3.8) is 0 Å². The van der Waals surface area contributed by atoms with E-state index in [0.717, 1.165) is 0 Å². The molecule has 0 amide bonds. The minimum atomic E-state index is -4.72. The first-order chi connectivity index (χ1) is 5.88. The summed E-state index contributed by atoms with van der Waals surface area (Å²) in [6.45, 7) is 1.62. The van der Waals surface area contributed by atoms with Crippen LogP contribution in [0, 0.1) is 6.92 Å². The Labute approximate surface area is 109 Å². The first-order valence-electron chi connectivity index (χ1n) is 3.38. The fourth-order valence-electron chi connectivity index (χ4n) is 0.840. The third-order valence-corrected chi connectivity index (χ3v) is 2.01. The number of hydrogen-bond donors (Lipinski definition) is 1. The van der Waals surface area contributed by atoms with Gasteiger partial charge in [-0.15, -0.1) is 0 Å². The molecule has 0 aliphatic carbocycles. The van der Waals surface area contributed by atoms with Gasteiger partial charge in [-0.05, 0) is 30.7 Å². The monoisotopic (exact) mass is 244 g/mol. The molecule has 1 atom stereocenters. The molecular formula is C7H7ClNaO4P. The molecule has 1 aromatic rings. The van der Waals surface area contributed by atoms with Crippen LogP contribution in [-0.4, -0.2) is 4.89 Å². The normalized spacial score (nSPS) is 14.0. The van der Waals surface area contributed by atoms with Crippen LogP contribution in [0.4, 0.5) is 0 Å². The van der Waals surface area contributed by atoms with E-state index < -0.39 is 7.82 Å². The molecule has 0 spiro atoms. The summed E-state index contributed by atoms with van der Waals surface area (Å²) >= 11 is 5.62. The quantitative estimate of drug-likeness (QED) is 0.507. The van der Waals surface area contributed by atoms with Crippen molar-refractivity contribution in [2.45, 2.75) is 6.92 Å². The largest absolute Gasteiger partial charge is 1.00 e. The Bertz CT molecular complexity index is 365. The molecule has 0 heterocycles. The van der Waals surface area contributed by atoms with Crippen LogP contribution in [0.25, 0.3) is 0 Å². The van der Waals surface area contributed by atoms with E-state index in [-0.39, 0.29) is 35.3 Å². The zero-order valence-electron chi connectivity index (χ0n) is 7.73. The van der Waals surface area contributed by atoms with Crippen LogP contribution in [-0.2, 0) is 4.57 Å². The molecule has 1 unspecified atom stereocenters. The molecule has 1 rings (SSSR count). The van der Waals surface area contributed by atoms with Crippen LogP contribution < -0.4 is 39.0 Å². The second kappa shape index (κ2) is 5.52. The van der Waals surface area contributed by atoms with Gasteiger partial charge < -0.3 is 14.3 Å². The van der Waals surface area contributed by atoms with E-state index in [9.17, 15) is 9.46 Å². The summed E-state index contributed by atoms with van der Waals surface area (Å²) in [5.41, 5.74) is 0.539. The molecule has 0 aromatic heterocycles. The van der Waals surface area contributed by atoms with Crippen LogP contribution in [0.1, 0.15) is 5.56 Å². The Hall–Kier alpha value is 0.460. The Balaban J connectivity index is 0.00000169. The first-order valence-corrected chi connectivity index (χ1v) is 5.25. The minimum Gasteiger partial charge on any atom is -0.746 e. The van der Waals surface area contributed by atoms with Crippen LogP contribution in [0.5, 0.6) is 5.75 Å². The summed E-state index contributed by atoms with van der Waals surface area (Å²) < 4.78 is 14.7. The van der Waals surface area contributed by atoms with Gasteiger partial charge in [0.05, 0.1) is 0 Å². The molecule has 1 aromatic carbocycles. The van der Waals surface area contributed by atoms with E-state index in [1.165, 1.54) is 18.2 Å². The summed E-state index contributed by atoms with van der Waals surface area (Å²) in [5, 5.41) is 0.475. The van der Waals surface area contributed by atoms with Gasteiger partial charge in [0.1, 0.15) is 5.75 Å². The number of rotatable bonds is 2. The summed E-state index contributed by atoms with van der Waals surface area (Å²) in [6, 6.07) is 4.38. The Morgan fingerprint density at radius 2 is 2.14 bits per heavy atom. The third-order valence-electron chi connectivity index (χ3n) is 1.35. The van der Waals surface area contributed by atoms with Crippen LogP contribution in [0.3, 0.4) is 0 Å². The molecule has 0 saturated carbocycles. The smallest absolute Gasteiger partial charge is 0.746 e. The third kappa shape index (κ3) is 4.80. The van der Waals surface area contributed by atoms with Crippen molar-refractivity contribution in [1.82, 2.24) is 0 Å². The van der Waals surface area contributed by atoms with Crippen molar-refractivity contribution in [2.24, 2.45) is 0 Å². The summed E-state index contributed by atoms with van der Waals surface area (Å²) in [7, 11) is -4.72. The second-order valence-corrected chi connectivity index (χ2v) is 4.03. The zero-order chi connectivity index (χ0) is 10.1. The minimum absolute atomic E-state index is 0. The molecular weight excluding hydrogens is 237 g/mol. The summed E-state index contributed by atoms with van der Waals surface area (Å²) in [6.07, 6.45) is 0. The molecule has 72 valence electrons. The van der Waals surface area contributed by atoms with E-state index in [1.807, 2.05) is 0 Å². The van der Waals surface area contributed by atoms with Crippen molar-refractivity contribution in [2.75, 3.05) is 0 Å². The Morgan fingerprint density at radius 1 is 1.57 bits per heavy atom. The van der Waals surface area contributed by atoms with E-state index in [1.54, 1.807) is 6.92 Å². The maximum absolute atomic E-state index is 10.4. The SMILES string of the molecule is Cc1cc(Cl)ccc1OP(=O)([O-])O.[Na+]. The van der Waals surface area contributed by atoms with Crippen molar-refractivity contribution in [1.29, 1.82) is 0 Å². The topological polar surface area (TPSA) is 69.6 Å². The molecule has 0 bridgehead atoms. The number of phosphoric acid groups is 1. The maximum atomic E-state index is 10.4. The van der Waals surface area contributed by atoms with Crippen molar-refractivity contribution >= 4 is 19.4 Å². The molecule has 1 N–H and O–H groups in total. The van der Waals surface area contributed by atoms with Gasteiger partial charge in [0, 0.05) is 5.02 Å². The fourth-order valence-corrected chi connectivity index (χ4v) is 1.52. The van der Waals surface area contributed by atoms with Gasteiger partial charge in [0.15, 0.2) is 0 Å². The molecule has 7 heteroatoms. The van der Waals surface area contributed by atoms with E-state index in [2.05, 4.69) is 4.52 Å². The van der Waals surface area contributed by atoms with Crippen LogP contribution in [0.2, 0.25) is 5.02 Å². The van der Waals surface area contributed by atoms with Crippen molar-refractivity contribution < 1.29 is 48.4 Å². The van der Waals surface area contributed by atoms with Gasteiger partial charge in [-0.2, -0.15) is 0 Å². The zero-order valence-corrected chi connectivity index (χ0v) is 11.4. The molecule has 14 heavy (non-hydrogen) atoms. The van der Waals surface area contributed by atoms with Gasteiger partial charge in [0.2, 0.25) is 0 Å². The van der Waals surface area contributed by atoms with Gasteiger partial charge in [-0.25, -0.2) is 0 Å². The van der Waals surface area contributed by atoms with E-state index >= 15 is 0 Å². The number of hydrogen-bond acceptors (Lipinski definition) is 3. The Kier molecular flexibility index (Phi) is 5.70. The van der Waals surface area contributed by atoms with Crippen LogP contribution in [0.15, 0.2) is 18.2 Å². The van der Waals surface area contributed by atoms with Crippen molar-refractivity contribution in [3.8, 4) is 5.75 Å². The number of phosphoric ester groups is 1. The molecule has 0 aliphatic heterocycles. The molecule has 0 radical (unpaired) electrons. The average molecular weight is 245 g/mol. The predicted molar refractivity (Wildman–Crippen MR) is 46.6 cm³/mol. The number of benzene rings is 1. The predicted octanol–water partition coefficient (Wildman–Crippen LogP) is -1.51. The first kappa shape index (κ1) is 14.5.